The molecule has 0 aliphatic carbocycles. The molecule has 1 atom stereocenters. The van der Waals surface area contributed by atoms with Crippen molar-refractivity contribution in [2.24, 2.45) is 11.8 Å². The van der Waals surface area contributed by atoms with Gasteiger partial charge in [0.05, 0.1) is 19.9 Å². The molecular formula is C19H31N5O6. The summed E-state index contributed by atoms with van der Waals surface area (Å²) in [6, 6.07) is 0. The Bertz CT molecular complexity index is 794. The monoisotopic (exact) mass is 425 g/mol. The molecule has 4 N–H and O–H groups in total. The Labute approximate surface area is 175 Å². The largest absolute Gasteiger partial charge is 0.466 e. The van der Waals surface area contributed by atoms with E-state index < -0.39 is 17.9 Å². The van der Waals surface area contributed by atoms with Crippen LogP contribution in [0.2, 0.25) is 0 Å². The molecule has 0 saturated heterocycles. The number of ether oxygens (including phenoxy) is 3. The summed E-state index contributed by atoms with van der Waals surface area (Å²) in [4.78, 5) is 43.9. The fourth-order valence-electron chi connectivity index (χ4n) is 2.76. The lowest BCUT2D eigenvalue weighted by molar-refractivity contribution is -0.180. The fraction of sp³-hybridized carbons (Fsp3) is 0.684. The van der Waals surface area contributed by atoms with Gasteiger partial charge in [-0.05, 0) is 11.8 Å². The molecule has 0 radical (unpaired) electrons. The number of nitrogens with one attached hydrogen (secondary N) is 2. The molecule has 2 rings (SSSR count). The number of aromatic nitrogens is 2. The number of rotatable bonds is 11. The van der Waals surface area contributed by atoms with Crippen LogP contribution in [0.15, 0.2) is 4.79 Å². The van der Waals surface area contributed by atoms with Crippen molar-refractivity contribution in [1.82, 2.24) is 9.97 Å². The van der Waals surface area contributed by atoms with Crippen LogP contribution in [-0.2, 0) is 23.8 Å². The standard InChI is InChI=1S/C19H31N5O6/c1-11(2)8-13(25)28-6-5-7-29-19(30-14(26)9-12(3)4)24-10-21-15-16(24)22-18(20)23-17(15)27/h11-12,19,21H,5-10H2,1-4H3,(H3,20,22,23,27). The molecule has 1 aromatic heterocycles. The van der Waals surface area contributed by atoms with E-state index >= 15 is 0 Å². The number of carbonyl (C=O) groups excluding carboxylic acids is 2. The van der Waals surface area contributed by atoms with Gasteiger partial charge < -0.3 is 25.3 Å². The molecule has 30 heavy (non-hydrogen) atoms. The first-order valence-electron chi connectivity index (χ1n) is 10.0. The third-order valence-electron chi connectivity index (χ3n) is 4.07. The molecule has 1 aliphatic rings. The maximum absolute atomic E-state index is 12.2. The minimum Gasteiger partial charge on any atom is -0.466 e. The third kappa shape index (κ3) is 6.90. The minimum atomic E-state index is -1.11. The van der Waals surface area contributed by atoms with Gasteiger partial charge in [0.2, 0.25) is 5.95 Å². The summed E-state index contributed by atoms with van der Waals surface area (Å²) in [5, 5.41) is 2.90. The van der Waals surface area contributed by atoms with Crippen molar-refractivity contribution in [2.45, 2.75) is 53.4 Å². The number of fused-ring (bicyclic) bond motifs is 1. The number of nitrogen functional groups attached to an aromatic ring is 1. The van der Waals surface area contributed by atoms with Gasteiger partial charge in [0, 0.05) is 19.3 Å². The van der Waals surface area contributed by atoms with Gasteiger partial charge in [0.15, 0.2) is 5.82 Å². The Morgan fingerprint density at radius 2 is 1.80 bits per heavy atom. The molecule has 0 aromatic carbocycles. The minimum absolute atomic E-state index is 0.0585. The third-order valence-corrected chi connectivity index (χ3v) is 4.07. The zero-order valence-corrected chi connectivity index (χ0v) is 17.9. The Kier molecular flexibility index (Phi) is 8.46. The molecule has 0 bridgehead atoms. The van der Waals surface area contributed by atoms with Crippen LogP contribution in [0.5, 0.6) is 0 Å². The van der Waals surface area contributed by atoms with Crippen LogP contribution in [0.25, 0.3) is 0 Å². The molecule has 1 aliphatic heterocycles. The molecule has 11 nitrogen and oxygen atoms in total. The van der Waals surface area contributed by atoms with E-state index in [2.05, 4.69) is 15.3 Å². The molecule has 2 heterocycles. The maximum Gasteiger partial charge on any atom is 0.309 e. The molecule has 168 valence electrons. The van der Waals surface area contributed by atoms with Gasteiger partial charge in [-0.3, -0.25) is 24.3 Å². The van der Waals surface area contributed by atoms with E-state index in [1.54, 1.807) is 0 Å². The summed E-state index contributed by atoms with van der Waals surface area (Å²) < 4.78 is 16.4. The molecule has 0 saturated carbocycles. The first-order valence-corrected chi connectivity index (χ1v) is 10.0. The Morgan fingerprint density at radius 3 is 2.47 bits per heavy atom. The summed E-state index contributed by atoms with van der Waals surface area (Å²) in [7, 11) is 0. The fourth-order valence-corrected chi connectivity index (χ4v) is 2.76. The lowest BCUT2D eigenvalue weighted by atomic mass is 10.1. The van der Waals surface area contributed by atoms with E-state index in [-0.39, 0.29) is 61.6 Å². The first-order chi connectivity index (χ1) is 14.2. The number of hydrogen-bond donors (Lipinski definition) is 3. The number of nitrogens with zero attached hydrogens (tertiary/aromatic N) is 2. The van der Waals surface area contributed by atoms with Crippen LogP contribution in [0.3, 0.4) is 0 Å². The Hall–Kier alpha value is -2.82. The quantitative estimate of drug-likeness (QED) is 0.270. The molecule has 0 fully saturated rings. The summed E-state index contributed by atoms with van der Waals surface area (Å²) in [5.74, 6) is -0.187. The molecule has 1 unspecified atom stereocenters. The van der Waals surface area contributed by atoms with Crippen molar-refractivity contribution in [3.05, 3.63) is 10.4 Å². The summed E-state index contributed by atoms with van der Waals surface area (Å²) in [5.41, 5.74) is 5.44. The second kappa shape index (κ2) is 10.8. The predicted molar refractivity (Wildman–Crippen MR) is 111 cm³/mol. The second-order valence-corrected chi connectivity index (χ2v) is 7.89. The summed E-state index contributed by atoms with van der Waals surface area (Å²) in [6.07, 6.45) is -0.119. The van der Waals surface area contributed by atoms with Crippen LogP contribution in [0, 0.1) is 11.8 Å². The average molecular weight is 425 g/mol. The number of anilines is 3. The lowest BCUT2D eigenvalue weighted by Gasteiger charge is -2.28. The Balaban J connectivity index is 2.00. The van der Waals surface area contributed by atoms with Crippen molar-refractivity contribution in [2.75, 3.05) is 35.8 Å². The molecule has 11 heteroatoms. The summed E-state index contributed by atoms with van der Waals surface area (Å²) in [6.45, 7) is 8.19. The van der Waals surface area contributed by atoms with Crippen molar-refractivity contribution >= 4 is 29.4 Å². The molecule has 0 amide bonds. The number of esters is 2. The highest BCUT2D eigenvalue weighted by Gasteiger charge is 2.33. The second-order valence-electron chi connectivity index (χ2n) is 7.89. The smallest absolute Gasteiger partial charge is 0.309 e. The van der Waals surface area contributed by atoms with Crippen molar-refractivity contribution in [3.8, 4) is 0 Å². The SMILES string of the molecule is CC(C)CC(=O)OCCCOC(OC(=O)CC(C)C)N1CNc2c1nc(N)[nH]c2=O. The van der Waals surface area contributed by atoms with Gasteiger partial charge >= 0.3 is 11.9 Å². The highest BCUT2D eigenvalue weighted by Crippen LogP contribution is 2.28. The van der Waals surface area contributed by atoms with E-state index in [9.17, 15) is 14.4 Å². The highest BCUT2D eigenvalue weighted by molar-refractivity contribution is 5.73. The van der Waals surface area contributed by atoms with E-state index in [0.29, 0.717) is 12.8 Å². The average Bonchev–Trinajstić information content (AvgIpc) is 3.03. The van der Waals surface area contributed by atoms with Gasteiger partial charge in [0.1, 0.15) is 5.69 Å². The zero-order valence-electron chi connectivity index (χ0n) is 17.9. The molecule has 0 spiro atoms. The maximum atomic E-state index is 12.2. The van der Waals surface area contributed by atoms with E-state index in [4.69, 9.17) is 19.9 Å². The zero-order chi connectivity index (χ0) is 22.3. The van der Waals surface area contributed by atoms with E-state index in [1.165, 1.54) is 4.90 Å². The van der Waals surface area contributed by atoms with Crippen LogP contribution in [0.1, 0.15) is 47.0 Å². The van der Waals surface area contributed by atoms with Gasteiger partial charge in [-0.15, -0.1) is 0 Å². The van der Waals surface area contributed by atoms with Crippen molar-refractivity contribution in [1.29, 1.82) is 0 Å². The van der Waals surface area contributed by atoms with Gasteiger partial charge in [0.25, 0.3) is 12.0 Å². The number of hydrogen-bond acceptors (Lipinski definition) is 10. The number of carbonyl (C=O) groups is 2. The van der Waals surface area contributed by atoms with Crippen molar-refractivity contribution < 1.29 is 23.8 Å². The van der Waals surface area contributed by atoms with Gasteiger partial charge in [-0.2, -0.15) is 4.98 Å². The van der Waals surface area contributed by atoms with Crippen molar-refractivity contribution in [3.63, 3.8) is 0 Å². The predicted octanol–water partition coefficient (Wildman–Crippen LogP) is 1.41. The van der Waals surface area contributed by atoms with Crippen LogP contribution < -0.4 is 21.5 Å². The van der Waals surface area contributed by atoms with Gasteiger partial charge in [-0.25, -0.2) is 0 Å². The number of aromatic amines is 1. The first kappa shape index (κ1) is 23.5. The molecule has 1 aromatic rings. The Morgan fingerprint density at radius 1 is 1.13 bits per heavy atom. The van der Waals surface area contributed by atoms with Gasteiger partial charge in [-0.1, -0.05) is 27.7 Å². The normalized spacial score (nSPS) is 13.9. The van der Waals surface area contributed by atoms with E-state index in [1.807, 2.05) is 27.7 Å². The summed E-state index contributed by atoms with van der Waals surface area (Å²) >= 11 is 0. The number of nitrogens with two attached hydrogens (primary N) is 1. The van der Waals surface area contributed by atoms with E-state index in [0.717, 1.165) is 0 Å². The topological polar surface area (TPSA) is 149 Å². The van der Waals surface area contributed by atoms with Crippen LogP contribution >= 0.6 is 0 Å². The number of H-pyrrole nitrogens is 1. The lowest BCUT2D eigenvalue weighted by Crippen LogP contribution is -2.41. The highest BCUT2D eigenvalue weighted by atomic mass is 16.7. The van der Waals surface area contributed by atoms with Crippen LogP contribution in [-0.4, -0.2) is 48.2 Å². The van der Waals surface area contributed by atoms with Crippen LogP contribution in [0.4, 0.5) is 17.5 Å². The molecular weight excluding hydrogens is 394 g/mol.